The van der Waals surface area contributed by atoms with Gasteiger partial charge < -0.3 is 10.2 Å². The van der Waals surface area contributed by atoms with Crippen molar-refractivity contribution >= 4 is 46.6 Å². The highest BCUT2D eigenvalue weighted by Crippen LogP contribution is 2.33. The second-order valence-electron chi connectivity index (χ2n) is 7.49. The van der Waals surface area contributed by atoms with Crippen LogP contribution in [0.15, 0.2) is 23.6 Å². The maximum absolute atomic E-state index is 12.7. The third kappa shape index (κ3) is 3.97. The number of piperidine rings is 1. The van der Waals surface area contributed by atoms with Crippen LogP contribution in [-0.4, -0.2) is 34.6 Å². The minimum absolute atomic E-state index is 0.136. The first-order chi connectivity index (χ1) is 14.3. The van der Waals surface area contributed by atoms with E-state index >= 15 is 0 Å². The monoisotopic (exact) mass is 445 g/mol. The molecule has 1 saturated heterocycles. The molecule has 9 heteroatoms. The fourth-order valence-corrected chi connectivity index (χ4v) is 4.90. The number of imide groups is 1. The number of nitrogens with one attached hydrogen (secondary N) is 2. The van der Waals surface area contributed by atoms with Gasteiger partial charge in [-0.15, -0.1) is 11.3 Å². The first-order valence-electron chi connectivity index (χ1n) is 9.59. The van der Waals surface area contributed by atoms with E-state index in [4.69, 9.17) is 11.6 Å². The Hall–Kier alpha value is -2.71. The van der Waals surface area contributed by atoms with Gasteiger partial charge in [-0.1, -0.05) is 23.7 Å². The zero-order valence-electron chi connectivity index (χ0n) is 16.3. The Balaban J connectivity index is 1.39. The summed E-state index contributed by atoms with van der Waals surface area (Å²) in [6.07, 6.45) is 0.767. The van der Waals surface area contributed by atoms with E-state index in [1.165, 1.54) is 16.2 Å². The third-order valence-electron chi connectivity index (χ3n) is 5.43. The fourth-order valence-electron chi connectivity index (χ4n) is 3.72. The number of benzene rings is 1. The van der Waals surface area contributed by atoms with Gasteiger partial charge >= 0.3 is 0 Å². The average molecular weight is 446 g/mol. The van der Waals surface area contributed by atoms with Crippen molar-refractivity contribution in [3.8, 4) is 0 Å². The van der Waals surface area contributed by atoms with Crippen LogP contribution < -0.4 is 10.6 Å². The number of nitrogens with zero attached hydrogens (tertiary/aromatic N) is 1. The van der Waals surface area contributed by atoms with Gasteiger partial charge in [0.2, 0.25) is 17.7 Å². The SMILES string of the molecule is Cc1ccc(CC(=O)NCc2scc3c2CN(C2CCC(=O)NC2=O)C3=O)cc1Cl. The molecule has 7 nitrogen and oxygen atoms in total. The summed E-state index contributed by atoms with van der Waals surface area (Å²) in [7, 11) is 0. The highest BCUT2D eigenvalue weighted by Gasteiger charge is 2.40. The summed E-state index contributed by atoms with van der Waals surface area (Å²) in [5, 5.41) is 7.59. The number of amides is 4. The van der Waals surface area contributed by atoms with E-state index in [1.807, 2.05) is 19.1 Å². The molecule has 2 N–H and O–H groups in total. The summed E-state index contributed by atoms with van der Waals surface area (Å²) >= 11 is 7.54. The second kappa shape index (κ2) is 8.20. The Bertz CT molecular complexity index is 1060. The molecule has 0 saturated carbocycles. The first-order valence-corrected chi connectivity index (χ1v) is 10.8. The molecular formula is C21H20ClN3O4S. The fraction of sp³-hybridized carbons (Fsp3) is 0.333. The smallest absolute Gasteiger partial charge is 0.256 e. The lowest BCUT2D eigenvalue weighted by Gasteiger charge is -2.29. The van der Waals surface area contributed by atoms with Crippen LogP contribution in [0.5, 0.6) is 0 Å². The topological polar surface area (TPSA) is 95.6 Å². The second-order valence-corrected chi connectivity index (χ2v) is 8.86. The van der Waals surface area contributed by atoms with Crippen molar-refractivity contribution in [2.75, 3.05) is 0 Å². The van der Waals surface area contributed by atoms with E-state index in [0.29, 0.717) is 30.1 Å². The van der Waals surface area contributed by atoms with Crippen LogP contribution in [0.25, 0.3) is 0 Å². The molecule has 1 aromatic heterocycles. The van der Waals surface area contributed by atoms with Crippen LogP contribution >= 0.6 is 22.9 Å². The maximum Gasteiger partial charge on any atom is 0.256 e. The predicted octanol–water partition coefficient (Wildman–Crippen LogP) is 2.33. The van der Waals surface area contributed by atoms with Crippen LogP contribution in [0.4, 0.5) is 0 Å². The Morgan fingerprint density at radius 1 is 1.33 bits per heavy atom. The lowest BCUT2D eigenvalue weighted by molar-refractivity contribution is -0.137. The van der Waals surface area contributed by atoms with Gasteiger partial charge in [0.1, 0.15) is 6.04 Å². The molecule has 3 heterocycles. The van der Waals surface area contributed by atoms with Crippen molar-refractivity contribution in [1.82, 2.24) is 15.5 Å². The summed E-state index contributed by atoms with van der Waals surface area (Å²) in [4.78, 5) is 51.0. The van der Waals surface area contributed by atoms with Gasteiger partial charge in [0.15, 0.2) is 0 Å². The van der Waals surface area contributed by atoms with Crippen LogP contribution in [-0.2, 0) is 33.9 Å². The van der Waals surface area contributed by atoms with Crippen molar-refractivity contribution in [1.29, 1.82) is 0 Å². The highest BCUT2D eigenvalue weighted by atomic mass is 35.5. The maximum atomic E-state index is 12.7. The summed E-state index contributed by atoms with van der Waals surface area (Å²) < 4.78 is 0. The van der Waals surface area contributed by atoms with Gasteiger partial charge in [-0.05, 0) is 36.1 Å². The van der Waals surface area contributed by atoms with Crippen LogP contribution in [0.2, 0.25) is 5.02 Å². The number of rotatable bonds is 5. The quantitative estimate of drug-likeness (QED) is 0.690. The van der Waals surface area contributed by atoms with Gasteiger partial charge in [0.25, 0.3) is 5.91 Å². The zero-order valence-corrected chi connectivity index (χ0v) is 17.9. The highest BCUT2D eigenvalue weighted by molar-refractivity contribution is 7.10. The number of carbonyl (C=O) groups is 4. The number of fused-ring (bicyclic) bond motifs is 1. The largest absolute Gasteiger partial charge is 0.351 e. The first kappa shape index (κ1) is 20.6. The Morgan fingerprint density at radius 2 is 2.13 bits per heavy atom. The molecular weight excluding hydrogens is 426 g/mol. The normalized spacial score (nSPS) is 18.4. The van der Waals surface area contributed by atoms with Crippen LogP contribution in [0, 0.1) is 6.92 Å². The number of thiophene rings is 1. The van der Waals surface area contributed by atoms with E-state index < -0.39 is 11.9 Å². The summed E-state index contributed by atoms with van der Waals surface area (Å²) in [6.45, 7) is 2.53. The Morgan fingerprint density at radius 3 is 2.87 bits per heavy atom. The molecule has 30 heavy (non-hydrogen) atoms. The number of hydrogen-bond donors (Lipinski definition) is 2. The predicted molar refractivity (Wildman–Crippen MR) is 112 cm³/mol. The van der Waals surface area contributed by atoms with E-state index in [2.05, 4.69) is 10.6 Å². The number of halogens is 1. The minimum atomic E-state index is -0.638. The van der Waals surface area contributed by atoms with Gasteiger partial charge in [-0.25, -0.2) is 0 Å². The molecule has 0 radical (unpaired) electrons. The summed E-state index contributed by atoms with van der Waals surface area (Å²) in [5.74, 6) is -1.08. The molecule has 0 spiro atoms. The summed E-state index contributed by atoms with van der Waals surface area (Å²) in [6, 6.07) is 4.91. The van der Waals surface area contributed by atoms with Gasteiger partial charge in [-0.3, -0.25) is 24.5 Å². The Labute approximate surface area is 182 Å². The van der Waals surface area contributed by atoms with Crippen LogP contribution in [0.3, 0.4) is 0 Å². The molecule has 1 unspecified atom stereocenters. The molecule has 1 atom stereocenters. The third-order valence-corrected chi connectivity index (χ3v) is 6.87. The standard InChI is InChI=1S/C21H20ClN3O4S/c1-11-2-3-12(6-15(11)22)7-19(27)23-8-17-13-9-25(21(29)14(13)10-30-17)16-4-5-18(26)24-20(16)28/h2-3,6,10,16H,4-5,7-9H2,1H3,(H,23,27)(H,24,26,28). The van der Waals surface area contributed by atoms with Crippen LogP contribution in [0.1, 0.15) is 44.8 Å². The molecule has 1 fully saturated rings. The molecule has 4 amide bonds. The molecule has 2 aliphatic heterocycles. The lowest BCUT2D eigenvalue weighted by Crippen LogP contribution is -2.52. The molecule has 2 aliphatic rings. The van der Waals surface area contributed by atoms with E-state index in [0.717, 1.165) is 21.6 Å². The van der Waals surface area contributed by atoms with E-state index in [-0.39, 0.29) is 30.6 Å². The van der Waals surface area contributed by atoms with Crippen molar-refractivity contribution in [3.63, 3.8) is 0 Å². The van der Waals surface area contributed by atoms with Crippen molar-refractivity contribution in [2.45, 2.75) is 45.3 Å². The molecule has 4 rings (SSSR count). The van der Waals surface area contributed by atoms with Gasteiger partial charge in [-0.2, -0.15) is 0 Å². The van der Waals surface area contributed by atoms with Crippen molar-refractivity contribution < 1.29 is 19.2 Å². The van der Waals surface area contributed by atoms with Crippen molar-refractivity contribution in [3.05, 3.63) is 55.7 Å². The molecule has 2 aromatic rings. The zero-order chi connectivity index (χ0) is 21.4. The number of aryl methyl sites for hydroxylation is 1. The van der Waals surface area contributed by atoms with Gasteiger partial charge in [0.05, 0.1) is 18.5 Å². The van der Waals surface area contributed by atoms with E-state index in [1.54, 1.807) is 11.4 Å². The minimum Gasteiger partial charge on any atom is -0.351 e. The Kier molecular flexibility index (Phi) is 5.62. The lowest BCUT2D eigenvalue weighted by atomic mass is 10.0. The number of carbonyl (C=O) groups excluding carboxylic acids is 4. The molecule has 0 bridgehead atoms. The summed E-state index contributed by atoms with van der Waals surface area (Å²) in [5.41, 5.74) is 3.20. The number of hydrogen-bond acceptors (Lipinski definition) is 5. The van der Waals surface area contributed by atoms with E-state index in [9.17, 15) is 19.2 Å². The van der Waals surface area contributed by atoms with Gasteiger partial charge in [0, 0.05) is 28.2 Å². The molecule has 156 valence electrons. The van der Waals surface area contributed by atoms with Crippen molar-refractivity contribution in [2.24, 2.45) is 0 Å². The average Bonchev–Trinajstić information content (AvgIpc) is 3.23. The molecule has 1 aromatic carbocycles. The molecule has 0 aliphatic carbocycles.